The molecule has 1 saturated heterocycles. The molecule has 30 heavy (non-hydrogen) atoms. The summed E-state index contributed by atoms with van der Waals surface area (Å²) >= 11 is 18.1. The van der Waals surface area contributed by atoms with Crippen molar-refractivity contribution in [2.24, 2.45) is 0 Å². The molecule has 0 bridgehead atoms. The van der Waals surface area contributed by atoms with Gasteiger partial charge in [-0.05, 0) is 54.1 Å². The average molecular weight is 460 g/mol. The number of halogens is 3. The van der Waals surface area contributed by atoms with E-state index in [0.717, 1.165) is 0 Å². The highest BCUT2D eigenvalue weighted by atomic mass is 35.5. The molecule has 1 aromatic heterocycles. The van der Waals surface area contributed by atoms with Crippen LogP contribution in [0.15, 0.2) is 72.6 Å². The number of pyridine rings is 1. The van der Waals surface area contributed by atoms with Gasteiger partial charge >= 0.3 is 0 Å². The molecule has 1 aliphatic heterocycles. The predicted molar refractivity (Wildman–Crippen MR) is 117 cm³/mol. The smallest absolute Gasteiger partial charge is 0.300 e. The van der Waals surface area contributed by atoms with E-state index in [9.17, 15) is 14.7 Å². The Balaban J connectivity index is 1.95. The molecule has 3 aromatic rings. The minimum absolute atomic E-state index is 0.0652. The molecular weight excluding hydrogens is 447 g/mol. The standard InChI is InChI=1S/C22H13Cl3N2O3/c23-14-2-1-3-15(11-14)27-19(12-6-8-26-9-7-12)18(21(29)22(27)30)20(28)13-4-5-16(24)17(25)10-13/h1-11,19,28H/b20-18+. The van der Waals surface area contributed by atoms with E-state index in [0.29, 0.717) is 21.3 Å². The topological polar surface area (TPSA) is 70.5 Å². The van der Waals surface area contributed by atoms with Gasteiger partial charge < -0.3 is 5.11 Å². The molecule has 1 N–H and O–H groups in total. The highest BCUT2D eigenvalue weighted by Gasteiger charge is 2.47. The Kier molecular flexibility index (Phi) is 5.52. The molecule has 2 heterocycles. The summed E-state index contributed by atoms with van der Waals surface area (Å²) in [7, 11) is 0. The van der Waals surface area contributed by atoms with Crippen LogP contribution >= 0.6 is 34.8 Å². The number of benzene rings is 2. The van der Waals surface area contributed by atoms with Gasteiger partial charge in [-0.15, -0.1) is 0 Å². The van der Waals surface area contributed by atoms with Crippen LogP contribution in [0.2, 0.25) is 15.1 Å². The van der Waals surface area contributed by atoms with Crippen molar-refractivity contribution >= 4 is 57.9 Å². The molecule has 0 saturated carbocycles. The third-order valence-electron chi connectivity index (χ3n) is 4.75. The quantitative estimate of drug-likeness (QED) is 0.311. The number of aliphatic hydroxyl groups is 1. The highest BCUT2D eigenvalue weighted by molar-refractivity contribution is 6.52. The van der Waals surface area contributed by atoms with Crippen molar-refractivity contribution in [3.05, 3.63) is 98.8 Å². The first-order valence-electron chi connectivity index (χ1n) is 8.80. The summed E-state index contributed by atoms with van der Waals surface area (Å²) in [5.74, 6) is -1.95. The van der Waals surface area contributed by atoms with E-state index in [1.807, 2.05) is 0 Å². The third kappa shape index (κ3) is 3.56. The minimum Gasteiger partial charge on any atom is -0.507 e. The summed E-state index contributed by atoms with van der Waals surface area (Å²) in [4.78, 5) is 31.3. The van der Waals surface area contributed by atoms with E-state index in [1.54, 1.807) is 48.8 Å². The Morgan fingerprint density at radius 2 is 1.67 bits per heavy atom. The number of hydrogen-bond acceptors (Lipinski definition) is 4. The van der Waals surface area contributed by atoms with Crippen LogP contribution in [0.1, 0.15) is 17.2 Å². The number of aliphatic hydroxyl groups excluding tert-OH is 1. The second kappa shape index (κ2) is 8.11. The fourth-order valence-electron chi connectivity index (χ4n) is 3.38. The zero-order chi connectivity index (χ0) is 21.4. The van der Waals surface area contributed by atoms with Crippen LogP contribution in [0.25, 0.3) is 5.76 Å². The average Bonchev–Trinajstić information content (AvgIpc) is 3.01. The number of hydrogen-bond donors (Lipinski definition) is 1. The monoisotopic (exact) mass is 458 g/mol. The second-order valence-electron chi connectivity index (χ2n) is 6.56. The summed E-state index contributed by atoms with van der Waals surface area (Å²) in [6.07, 6.45) is 3.10. The number of aromatic nitrogens is 1. The zero-order valence-electron chi connectivity index (χ0n) is 15.2. The van der Waals surface area contributed by atoms with Gasteiger partial charge in [-0.25, -0.2) is 0 Å². The number of Topliss-reactive ketones (excluding diaryl/α,β-unsaturated/α-hetero) is 1. The van der Waals surface area contributed by atoms with Gasteiger partial charge in [0.05, 0.1) is 21.7 Å². The van der Waals surface area contributed by atoms with Gasteiger partial charge in [0, 0.05) is 28.7 Å². The molecule has 1 atom stereocenters. The van der Waals surface area contributed by atoms with Crippen LogP contribution in [0.3, 0.4) is 0 Å². The van der Waals surface area contributed by atoms with Gasteiger partial charge in [-0.1, -0.05) is 40.9 Å². The van der Waals surface area contributed by atoms with E-state index in [1.165, 1.54) is 23.1 Å². The van der Waals surface area contributed by atoms with E-state index < -0.39 is 17.7 Å². The second-order valence-corrected chi connectivity index (χ2v) is 7.81. The SMILES string of the molecule is O=C1C(=O)N(c2cccc(Cl)c2)C(c2ccncc2)/C1=C(\O)c1ccc(Cl)c(Cl)c1. The van der Waals surface area contributed by atoms with Crippen molar-refractivity contribution in [3.8, 4) is 0 Å². The van der Waals surface area contributed by atoms with E-state index >= 15 is 0 Å². The zero-order valence-corrected chi connectivity index (χ0v) is 17.5. The molecule has 1 unspecified atom stereocenters. The van der Waals surface area contributed by atoms with Gasteiger partial charge in [-0.2, -0.15) is 0 Å². The van der Waals surface area contributed by atoms with Crippen LogP contribution in [-0.4, -0.2) is 21.8 Å². The first-order valence-corrected chi connectivity index (χ1v) is 9.94. The van der Waals surface area contributed by atoms with Gasteiger partial charge in [0.25, 0.3) is 11.7 Å². The van der Waals surface area contributed by atoms with Crippen molar-refractivity contribution in [1.82, 2.24) is 4.98 Å². The van der Waals surface area contributed by atoms with Crippen LogP contribution in [-0.2, 0) is 9.59 Å². The Morgan fingerprint density at radius 1 is 0.933 bits per heavy atom. The molecule has 150 valence electrons. The van der Waals surface area contributed by atoms with Gasteiger partial charge in [0.1, 0.15) is 5.76 Å². The molecule has 0 aliphatic carbocycles. The summed E-state index contributed by atoms with van der Waals surface area (Å²) in [6, 6.07) is 13.6. The number of carbonyl (C=O) groups is 2. The first-order chi connectivity index (χ1) is 14.4. The van der Waals surface area contributed by atoms with Gasteiger partial charge in [-0.3, -0.25) is 19.5 Å². The third-order valence-corrected chi connectivity index (χ3v) is 5.72. The molecule has 2 aromatic carbocycles. The Labute approximate surface area is 187 Å². The minimum atomic E-state index is -0.874. The Morgan fingerprint density at radius 3 is 2.33 bits per heavy atom. The van der Waals surface area contributed by atoms with Gasteiger partial charge in [0.15, 0.2) is 0 Å². The maximum atomic E-state index is 13.0. The Hall–Kier alpha value is -2.86. The van der Waals surface area contributed by atoms with Gasteiger partial charge in [0.2, 0.25) is 0 Å². The summed E-state index contributed by atoms with van der Waals surface area (Å²) in [5, 5.41) is 11.9. The van der Waals surface area contributed by atoms with E-state index in [2.05, 4.69) is 4.98 Å². The molecular formula is C22H13Cl3N2O3. The van der Waals surface area contributed by atoms with E-state index in [-0.39, 0.29) is 21.9 Å². The Bertz CT molecular complexity index is 1200. The molecule has 8 heteroatoms. The molecule has 0 radical (unpaired) electrons. The highest BCUT2D eigenvalue weighted by Crippen LogP contribution is 2.42. The lowest BCUT2D eigenvalue weighted by Crippen LogP contribution is -2.29. The number of ketones is 1. The molecule has 0 spiro atoms. The molecule has 1 fully saturated rings. The summed E-state index contributed by atoms with van der Waals surface area (Å²) in [6.45, 7) is 0. The van der Waals surface area contributed by atoms with Crippen molar-refractivity contribution in [3.63, 3.8) is 0 Å². The molecule has 4 rings (SSSR count). The van der Waals surface area contributed by atoms with E-state index in [4.69, 9.17) is 34.8 Å². The fraction of sp³-hybridized carbons (Fsp3) is 0.0455. The summed E-state index contributed by atoms with van der Waals surface area (Å²) < 4.78 is 0. The lowest BCUT2D eigenvalue weighted by Gasteiger charge is -2.25. The van der Waals surface area contributed by atoms with Crippen molar-refractivity contribution in [2.45, 2.75) is 6.04 Å². The van der Waals surface area contributed by atoms with Crippen LogP contribution < -0.4 is 4.90 Å². The number of nitrogens with zero attached hydrogens (tertiary/aromatic N) is 2. The predicted octanol–water partition coefficient (Wildman–Crippen LogP) is 5.67. The van der Waals surface area contributed by atoms with Crippen molar-refractivity contribution < 1.29 is 14.7 Å². The number of anilines is 1. The number of rotatable bonds is 3. The number of carbonyl (C=O) groups excluding carboxylic acids is 2. The maximum absolute atomic E-state index is 13.0. The molecule has 1 amide bonds. The molecule has 1 aliphatic rings. The van der Waals surface area contributed by atoms with Crippen LogP contribution in [0, 0.1) is 0 Å². The largest absolute Gasteiger partial charge is 0.507 e. The lowest BCUT2D eigenvalue weighted by molar-refractivity contribution is -0.132. The van der Waals surface area contributed by atoms with Crippen LogP contribution in [0.4, 0.5) is 5.69 Å². The lowest BCUT2D eigenvalue weighted by atomic mass is 9.96. The molecule has 5 nitrogen and oxygen atoms in total. The summed E-state index contributed by atoms with van der Waals surface area (Å²) in [5.41, 5.74) is 1.24. The van der Waals surface area contributed by atoms with Crippen LogP contribution in [0.5, 0.6) is 0 Å². The van der Waals surface area contributed by atoms with Crippen molar-refractivity contribution in [1.29, 1.82) is 0 Å². The maximum Gasteiger partial charge on any atom is 0.300 e. The van der Waals surface area contributed by atoms with Crippen molar-refractivity contribution in [2.75, 3.05) is 4.90 Å². The number of amides is 1. The first kappa shape index (κ1) is 20.4. The normalized spacial score (nSPS) is 18.1. The fourth-order valence-corrected chi connectivity index (χ4v) is 3.87.